The monoisotopic (exact) mass is 291 g/mol. The van der Waals surface area contributed by atoms with Crippen molar-refractivity contribution in [3.63, 3.8) is 0 Å². The van der Waals surface area contributed by atoms with Crippen molar-refractivity contribution in [3.8, 4) is 11.5 Å². The molecule has 0 aliphatic carbocycles. The van der Waals surface area contributed by atoms with Crippen LogP contribution in [-0.2, 0) is 11.2 Å². The smallest absolute Gasteiger partial charge is 0.122 e. The summed E-state index contributed by atoms with van der Waals surface area (Å²) in [4.78, 5) is 2.56. The fourth-order valence-corrected chi connectivity index (χ4v) is 3.49. The van der Waals surface area contributed by atoms with Gasteiger partial charge in [0.1, 0.15) is 11.5 Å². The van der Waals surface area contributed by atoms with E-state index in [1.165, 1.54) is 18.5 Å². The highest BCUT2D eigenvalue weighted by Crippen LogP contribution is 2.31. The maximum absolute atomic E-state index is 5.91. The summed E-state index contributed by atoms with van der Waals surface area (Å²) in [5, 5.41) is 0. The van der Waals surface area contributed by atoms with Gasteiger partial charge in [-0.15, -0.1) is 0 Å². The minimum atomic E-state index is 0.575. The van der Waals surface area contributed by atoms with Gasteiger partial charge in [-0.25, -0.2) is 0 Å². The average molecular weight is 291 g/mol. The molecule has 2 atom stereocenters. The molecule has 2 unspecified atom stereocenters. The second-order valence-corrected chi connectivity index (χ2v) is 6.22. The minimum Gasteiger partial charge on any atom is -0.497 e. The van der Waals surface area contributed by atoms with E-state index in [1.807, 2.05) is 12.1 Å². The first kappa shape index (κ1) is 14.7. The molecule has 2 heterocycles. The third-order valence-corrected chi connectivity index (χ3v) is 4.54. The van der Waals surface area contributed by atoms with Crippen LogP contribution in [0.25, 0.3) is 0 Å². The van der Waals surface area contributed by atoms with E-state index in [1.54, 1.807) is 14.2 Å². The zero-order chi connectivity index (χ0) is 14.7. The zero-order valence-electron chi connectivity index (χ0n) is 13.0. The predicted molar refractivity (Wildman–Crippen MR) is 82.1 cm³/mol. The fraction of sp³-hybridized carbons (Fsp3) is 0.647. The van der Waals surface area contributed by atoms with Gasteiger partial charge in [-0.3, -0.25) is 0 Å². The molecule has 4 nitrogen and oxygen atoms in total. The number of rotatable bonds is 5. The van der Waals surface area contributed by atoms with E-state index >= 15 is 0 Å². The Morgan fingerprint density at radius 3 is 3.00 bits per heavy atom. The highest BCUT2D eigenvalue weighted by molar-refractivity contribution is 5.41. The summed E-state index contributed by atoms with van der Waals surface area (Å²) < 4.78 is 16.5. The van der Waals surface area contributed by atoms with E-state index in [4.69, 9.17) is 14.2 Å². The van der Waals surface area contributed by atoms with Crippen molar-refractivity contribution in [2.75, 3.05) is 47.1 Å². The van der Waals surface area contributed by atoms with Crippen LogP contribution in [0.4, 0.5) is 0 Å². The average Bonchev–Trinajstić information content (AvgIpc) is 2.94. The number of benzene rings is 1. The van der Waals surface area contributed by atoms with Gasteiger partial charge in [0.05, 0.1) is 20.3 Å². The van der Waals surface area contributed by atoms with E-state index < -0.39 is 0 Å². The van der Waals surface area contributed by atoms with Crippen LogP contribution < -0.4 is 9.47 Å². The molecule has 21 heavy (non-hydrogen) atoms. The largest absolute Gasteiger partial charge is 0.497 e. The summed E-state index contributed by atoms with van der Waals surface area (Å²) in [5.41, 5.74) is 1.28. The van der Waals surface area contributed by atoms with Gasteiger partial charge in [-0.1, -0.05) is 0 Å². The lowest BCUT2D eigenvalue weighted by atomic mass is 9.96. The number of likely N-dealkylation sites (tertiary alicyclic amines) is 1. The topological polar surface area (TPSA) is 30.9 Å². The molecular weight excluding hydrogens is 266 g/mol. The molecule has 0 aromatic heterocycles. The fourth-order valence-electron chi connectivity index (χ4n) is 3.49. The van der Waals surface area contributed by atoms with Gasteiger partial charge < -0.3 is 19.1 Å². The molecule has 3 rings (SSSR count). The Kier molecular flexibility index (Phi) is 4.66. The Morgan fingerprint density at radius 2 is 2.19 bits per heavy atom. The number of hydrogen-bond acceptors (Lipinski definition) is 4. The van der Waals surface area contributed by atoms with Gasteiger partial charge in [0.25, 0.3) is 0 Å². The second-order valence-electron chi connectivity index (χ2n) is 6.22. The first-order valence-corrected chi connectivity index (χ1v) is 7.79. The third kappa shape index (κ3) is 3.50. The number of hydrogen-bond donors (Lipinski definition) is 0. The van der Waals surface area contributed by atoms with Gasteiger partial charge >= 0.3 is 0 Å². The first-order valence-electron chi connectivity index (χ1n) is 7.79. The van der Waals surface area contributed by atoms with Crippen molar-refractivity contribution >= 4 is 0 Å². The molecule has 0 spiro atoms. The lowest BCUT2D eigenvalue weighted by Crippen LogP contribution is -2.34. The van der Waals surface area contributed by atoms with Crippen molar-refractivity contribution in [2.24, 2.45) is 11.8 Å². The number of nitrogens with zero attached hydrogens (tertiary/aromatic N) is 1. The molecule has 1 aromatic carbocycles. The van der Waals surface area contributed by atoms with Crippen LogP contribution in [-0.4, -0.2) is 52.0 Å². The highest BCUT2D eigenvalue weighted by Gasteiger charge is 2.27. The Labute approximate surface area is 127 Å². The summed E-state index contributed by atoms with van der Waals surface area (Å²) in [6, 6.07) is 6.10. The van der Waals surface area contributed by atoms with Crippen LogP contribution in [0.5, 0.6) is 11.5 Å². The Hall–Kier alpha value is -1.26. The van der Waals surface area contributed by atoms with Crippen LogP contribution in [0.2, 0.25) is 0 Å². The summed E-state index contributed by atoms with van der Waals surface area (Å²) in [7, 11) is 3.50. The van der Waals surface area contributed by atoms with Crippen LogP contribution >= 0.6 is 0 Å². The minimum absolute atomic E-state index is 0.575. The van der Waals surface area contributed by atoms with E-state index in [-0.39, 0.29) is 0 Å². The van der Waals surface area contributed by atoms with Crippen LogP contribution in [0.1, 0.15) is 12.0 Å². The summed E-state index contributed by atoms with van der Waals surface area (Å²) in [5.74, 6) is 3.21. The molecule has 1 aromatic rings. The molecule has 0 radical (unpaired) electrons. The van der Waals surface area contributed by atoms with Crippen molar-refractivity contribution in [3.05, 3.63) is 23.8 Å². The molecule has 116 valence electrons. The molecule has 0 saturated carbocycles. The van der Waals surface area contributed by atoms with E-state index in [0.29, 0.717) is 11.8 Å². The van der Waals surface area contributed by atoms with E-state index in [9.17, 15) is 0 Å². The van der Waals surface area contributed by atoms with Crippen LogP contribution in [0.3, 0.4) is 0 Å². The van der Waals surface area contributed by atoms with Gasteiger partial charge in [-0.05, 0) is 49.1 Å². The Balaban J connectivity index is 1.56. The molecule has 4 heteroatoms. The first-order chi connectivity index (χ1) is 10.3. The van der Waals surface area contributed by atoms with Crippen molar-refractivity contribution in [1.82, 2.24) is 4.90 Å². The van der Waals surface area contributed by atoms with Crippen molar-refractivity contribution in [1.29, 1.82) is 0 Å². The van der Waals surface area contributed by atoms with E-state index in [0.717, 1.165) is 44.2 Å². The Morgan fingerprint density at radius 1 is 1.29 bits per heavy atom. The molecule has 1 fully saturated rings. The molecular formula is C17H25NO3. The third-order valence-electron chi connectivity index (χ3n) is 4.54. The second kappa shape index (κ2) is 6.67. The SMILES string of the molecule is COCC1CCN(CC2COc3ccc(OC)cc3C2)C1. The molecule has 0 bridgehead atoms. The normalized spacial score (nSPS) is 25.4. The quantitative estimate of drug-likeness (QED) is 0.832. The van der Waals surface area contributed by atoms with Gasteiger partial charge in [0.15, 0.2) is 0 Å². The van der Waals surface area contributed by atoms with Crippen molar-refractivity contribution in [2.45, 2.75) is 12.8 Å². The maximum Gasteiger partial charge on any atom is 0.122 e. The number of methoxy groups -OCH3 is 2. The van der Waals surface area contributed by atoms with E-state index in [2.05, 4.69) is 11.0 Å². The van der Waals surface area contributed by atoms with Crippen molar-refractivity contribution < 1.29 is 14.2 Å². The standard InChI is InChI=1S/C17H25NO3/c1-19-11-13-5-6-18(9-13)10-14-7-15-8-16(20-2)3-4-17(15)21-12-14/h3-4,8,13-14H,5-7,9-12H2,1-2H3. The van der Waals surface area contributed by atoms with Gasteiger partial charge in [0, 0.05) is 26.1 Å². The summed E-state index contributed by atoms with van der Waals surface area (Å²) in [6.07, 6.45) is 2.34. The molecule has 1 saturated heterocycles. The maximum atomic E-state index is 5.91. The highest BCUT2D eigenvalue weighted by atomic mass is 16.5. The van der Waals surface area contributed by atoms with Gasteiger partial charge in [0.2, 0.25) is 0 Å². The van der Waals surface area contributed by atoms with Crippen LogP contribution in [0.15, 0.2) is 18.2 Å². The lowest BCUT2D eigenvalue weighted by molar-refractivity contribution is 0.143. The molecule has 2 aliphatic rings. The van der Waals surface area contributed by atoms with Gasteiger partial charge in [-0.2, -0.15) is 0 Å². The summed E-state index contributed by atoms with van der Waals surface area (Å²) >= 11 is 0. The lowest BCUT2D eigenvalue weighted by Gasteiger charge is -2.29. The molecule has 0 N–H and O–H groups in total. The Bertz CT molecular complexity index is 477. The number of fused-ring (bicyclic) bond motifs is 1. The zero-order valence-corrected chi connectivity index (χ0v) is 13.0. The predicted octanol–water partition coefficient (Wildman–Crippen LogP) is 2.21. The molecule has 2 aliphatic heterocycles. The molecule has 0 amide bonds. The summed E-state index contributed by atoms with van der Waals surface area (Å²) in [6.45, 7) is 5.18. The van der Waals surface area contributed by atoms with Crippen LogP contribution in [0, 0.1) is 11.8 Å². The number of ether oxygens (including phenoxy) is 3.